The Morgan fingerprint density at radius 1 is 1.15 bits per heavy atom. The van der Waals surface area contributed by atoms with E-state index in [1.54, 1.807) is 0 Å². The van der Waals surface area contributed by atoms with Gasteiger partial charge in [-0.2, -0.15) is 0 Å². The third-order valence-corrected chi connectivity index (χ3v) is 6.80. The maximum Gasteiger partial charge on any atom is 0.317 e. The summed E-state index contributed by atoms with van der Waals surface area (Å²) >= 11 is 0. The molecule has 0 aromatic heterocycles. The van der Waals surface area contributed by atoms with Crippen LogP contribution in [0.1, 0.15) is 58.3 Å². The highest BCUT2D eigenvalue weighted by atomic mass is 16.4. The molecular formula is C17H27NO2. The van der Waals surface area contributed by atoms with Crippen LogP contribution in [-0.4, -0.2) is 34.6 Å². The smallest absolute Gasteiger partial charge is 0.317 e. The van der Waals surface area contributed by atoms with Crippen LogP contribution < -0.4 is 0 Å². The van der Waals surface area contributed by atoms with Crippen molar-refractivity contribution in [2.24, 2.45) is 23.2 Å². The zero-order valence-electron chi connectivity index (χ0n) is 12.6. The van der Waals surface area contributed by atoms with E-state index >= 15 is 0 Å². The van der Waals surface area contributed by atoms with E-state index in [9.17, 15) is 9.90 Å². The maximum absolute atomic E-state index is 11.2. The van der Waals surface area contributed by atoms with Crippen molar-refractivity contribution < 1.29 is 9.90 Å². The van der Waals surface area contributed by atoms with Crippen molar-refractivity contribution in [3.8, 4) is 0 Å². The largest absolute Gasteiger partial charge is 0.480 e. The van der Waals surface area contributed by atoms with Crippen molar-refractivity contribution in [1.82, 2.24) is 4.90 Å². The van der Waals surface area contributed by atoms with Crippen LogP contribution in [0.4, 0.5) is 0 Å². The molecule has 3 nitrogen and oxygen atoms in total. The Hall–Kier alpha value is -0.570. The van der Waals surface area contributed by atoms with Crippen LogP contribution in [0.3, 0.4) is 0 Å². The van der Waals surface area contributed by atoms with Crippen molar-refractivity contribution in [2.75, 3.05) is 6.54 Å². The molecule has 0 amide bonds. The van der Waals surface area contributed by atoms with Gasteiger partial charge < -0.3 is 5.11 Å². The van der Waals surface area contributed by atoms with Gasteiger partial charge in [-0.05, 0) is 81.5 Å². The highest BCUT2D eigenvalue weighted by Crippen LogP contribution is 2.62. The lowest BCUT2D eigenvalue weighted by atomic mass is 9.47. The van der Waals surface area contributed by atoms with E-state index in [1.807, 2.05) is 0 Å². The number of carboxylic acids is 1. The van der Waals surface area contributed by atoms with E-state index in [0.29, 0.717) is 17.5 Å². The summed E-state index contributed by atoms with van der Waals surface area (Å²) < 4.78 is 0. The number of carboxylic acid groups (broad SMARTS) is 1. The summed E-state index contributed by atoms with van der Waals surface area (Å²) in [6.45, 7) is 2.60. The highest BCUT2D eigenvalue weighted by Gasteiger charge is 2.55. The van der Waals surface area contributed by atoms with Gasteiger partial charge in [0.2, 0.25) is 0 Å². The second-order valence-electron chi connectivity index (χ2n) is 8.25. The molecule has 0 radical (unpaired) electrons. The van der Waals surface area contributed by atoms with E-state index < -0.39 is 5.97 Å². The summed E-state index contributed by atoms with van der Waals surface area (Å²) in [7, 11) is 0. The molecule has 5 fully saturated rings. The molecule has 112 valence electrons. The van der Waals surface area contributed by atoms with Crippen molar-refractivity contribution in [3.63, 3.8) is 0 Å². The van der Waals surface area contributed by atoms with Crippen LogP contribution in [-0.2, 0) is 4.79 Å². The molecule has 1 N–H and O–H groups in total. The molecule has 0 aromatic carbocycles. The first-order valence-corrected chi connectivity index (χ1v) is 8.53. The van der Waals surface area contributed by atoms with Gasteiger partial charge >= 0.3 is 5.97 Å². The third kappa shape index (κ3) is 2.09. The highest BCUT2D eigenvalue weighted by molar-refractivity contribution is 5.69. The molecule has 0 saturated heterocycles. The predicted molar refractivity (Wildman–Crippen MR) is 77.4 cm³/mol. The Kier molecular flexibility index (Phi) is 2.93. The van der Waals surface area contributed by atoms with E-state index in [2.05, 4.69) is 11.8 Å². The number of nitrogens with zero attached hydrogens (tertiary/aromatic N) is 1. The van der Waals surface area contributed by atoms with Crippen molar-refractivity contribution in [2.45, 2.75) is 70.4 Å². The molecule has 1 atom stereocenters. The molecule has 1 unspecified atom stereocenters. The molecule has 5 saturated carbocycles. The first-order chi connectivity index (χ1) is 9.56. The monoisotopic (exact) mass is 277 g/mol. The number of rotatable bonds is 5. The minimum atomic E-state index is -0.645. The molecular weight excluding hydrogens is 250 g/mol. The lowest BCUT2D eigenvalue weighted by Crippen LogP contribution is -2.57. The van der Waals surface area contributed by atoms with Gasteiger partial charge in [0.1, 0.15) is 0 Å². The van der Waals surface area contributed by atoms with Crippen LogP contribution in [0.15, 0.2) is 0 Å². The van der Waals surface area contributed by atoms with Crippen molar-refractivity contribution >= 4 is 5.97 Å². The standard InChI is InChI=1S/C17H27NO2/c1-11(18(10-16(19)20)15-2-3-15)17-7-12-4-13(8-17)6-14(5-12)9-17/h11-15H,2-10H2,1H3,(H,19,20). The van der Waals surface area contributed by atoms with Crippen LogP contribution in [0.25, 0.3) is 0 Å². The molecule has 0 spiro atoms. The van der Waals surface area contributed by atoms with E-state index in [-0.39, 0.29) is 6.54 Å². The summed E-state index contributed by atoms with van der Waals surface area (Å²) in [6.07, 6.45) is 11.0. The molecule has 0 aliphatic heterocycles. The Balaban J connectivity index is 1.57. The summed E-state index contributed by atoms with van der Waals surface area (Å²) in [4.78, 5) is 13.6. The number of hydrogen-bond donors (Lipinski definition) is 1. The minimum Gasteiger partial charge on any atom is -0.480 e. The quantitative estimate of drug-likeness (QED) is 0.839. The van der Waals surface area contributed by atoms with E-state index in [1.165, 1.54) is 51.4 Å². The number of carbonyl (C=O) groups is 1. The van der Waals surface area contributed by atoms with Gasteiger partial charge in [0.15, 0.2) is 0 Å². The van der Waals surface area contributed by atoms with Gasteiger partial charge in [0.25, 0.3) is 0 Å². The summed E-state index contributed by atoms with van der Waals surface area (Å²) in [5.41, 5.74) is 0.451. The Morgan fingerprint density at radius 3 is 2.05 bits per heavy atom. The van der Waals surface area contributed by atoms with Crippen LogP contribution in [0.2, 0.25) is 0 Å². The van der Waals surface area contributed by atoms with Gasteiger partial charge in [0, 0.05) is 12.1 Å². The van der Waals surface area contributed by atoms with E-state index in [4.69, 9.17) is 0 Å². The fourth-order valence-electron chi connectivity index (χ4n) is 6.19. The minimum absolute atomic E-state index is 0.258. The maximum atomic E-state index is 11.2. The fourth-order valence-corrected chi connectivity index (χ4v) is 6.19. The average Bonchev–Trinajstić information content (AvgIpc) is 3.17. The van der Waals surface area contributed by atoms with Gasteiger partial charge in [-0.3, -0.25) is 9.69 Å². The molecule has 5 aliphatic rings. The van der Waals surface area contributed by atoms with Gasteiger partial charge in [-0.15, -0.1) is 0 Å². The zero-order valence-corrected chi connectivity index (χ0v) is 12.6. The lowest BCUT2D eigenvalue weighted by Gasteiger charge is -2.60. The van der Waals surface area contributed by atoms with Gasteiger partial charge in [0.05, 0.1) is 6.54 Å². The Morgan fingerprint density at radius 2 is 1.65 bits per heavy atom. The lowest BCUT2D eigenvalue weighted by molar-refractivity contribution is -0.143. The average molecular weight is 277 g/mol. The van der Waals surface area contributed by atoms with Crippen LogP contribution >= 0.6 is 0 Å². The first kappa shape index (κ1) is 13.1. The van der Waals surface area contributed by atoms with Crippen LogP contribution in [0.5, 0.6) is 0 Å². The number of aliphatic carboxylic acids is 1. The molecule has 5 rings (SSSR count). The second-order valence-corrected chi connectivity index (χ2v) is 8.25. The summed E-state index contributed by atoms with van der Waals surface area (Å²) in [5.74, 6) is 2.22. The van der Waals surface area contributed by atoms with Crippen molar-refractivity contribution in [1.29, 1.82) is 0 Å². The molecule has 0 heterocycles. The van der Waals surface area contributed by atoms with E-state index in [0.717, 1.165) is 17.8 Å². The fraction of sp³-hybridized carbons (Fsp3) is 0.941. The molecule has 3 heteroatoms. The van der Waals surface area contributed by atoms with Gasteiger partial charge in [-0.1, -0.05) is 0 Å². The summed E-state index contributed by atoms with van der Waals surface area (Å²) in [5, 5.41) is 9.25. The molecule has 20 heavy (non-hydrogen) atoms. The first-order valence-electron chi connectivity index (χ1n) is 8.53. The normalized spacial score (nSPS) is 44.0. The second kappa shape index (κ2) is 4.46. The SMILES string of the molecule is CC(N(CC(=O)O)C1CC1)C12CC3CC(CC(C3)C1)C2. The van der Waals surface area contributed by atoms with Crippen molar-refractivity contribution in [3.05, 3.63) is 0 Å². The zero-order chi connectivity index (χ0) is 13.9. The van der Waals surface area contributed by atoms with Crippen LogP contribution in [0, 0.1) is 23.2 Å². The predicted octanol–water partition coefficient (Wildman–Crippen LogP) is 3.14. The third-order valence-electron chi connectivity index (χ3n) is 6.80. The van der Waals surface area contributed by atoms with Gasteiger partial charge in [-0.25, -0.2) is 0 Å². The number of hydrogen-bond acceptors (Lipinski definition) is 2. The summed E-state index contributed by atoms with van der Waals surface area (Å²) in [6, 6.07) is 1.04. The Labute approximate surface area is 121 Å². The molecule has 0 aromatic rings. The molecule has 5 aliphatic carbocycles. The Bertz CT molecular complexity index is 380. The molecule has 4 bridgehead atoms. The topological polar surface area (TPSA) is 40.5 Å².